The van der Waals surface area contributed by atoms with Gasteiger partial charge in [0.2, 0.25) is 11.8 Å². The standard InChI is InChI=1S/C21H21N3O5/c1-29-19(26)12-22-20(27)14-7-9-16(10-8-14)23-21(28)15-11-18(25)24(13-15)17-5-3-2-4-6-17/h2-10,15H,11-13H2,1H3,(H,22,27)(H,23,28). The molecule has 150 valence electrons. The molecule has 2 aromatic carbocycles. The first-order valence-corrected chi connectivity index (χ1v) is 9.09. The van der Waals surface area contributed by atoms with Gasteiger partial charge in [-0.2, -0.15) is 0 Å². The summed E-state index contributed by atoms with van der Waals surface area (Å²) in [7, 11) is 1.24. The maximum absolute atomic E-state index is 12.5. The Hall–Kier alpha value is -3.68. The monoisotopic (exact) mass is 395 g/mol. The number of anilines is 2. The van der Waals surface area contributed by atoms with Gasteiger partial charge < -0.3 is 20.3 Å². The minimum Gasteiger partial charge on any atom is -0.468 e. The number of amides is 3. The SMILES string of the molecule is COC(=O)CNC(=O)c1ccc(NC(=O)C2CC(=O)N(c3ccccc3)C2)cc1. The smallest absolute Gasteiger partial charge is 0.325 e. The summed E-state index contributed by atoms with van der Waals surface area (Å²) in [6, 6.07) is 15.5. The molecule has 1 aliphatic rings. The predicted octanol–water partition coefficient (Wildman–Crippen LogP) is 1.58. The van der Waals surface area contributed by atoms with E-state index in [0.29, 0.717) is 17.8 Å². The zero-order chi connectivity index (χ0) is 20.8. The summed E-state index contributed by atoms with van der Waals surface area (Å²) >= 11 is 0. The molecule has 0 saturated carbocycles. The van der Waals surface area contributed by atoms with E-state index in [1.807, 2.05) is 30.3 Å². The van der Waals surface area contributed by atoms with E-state index in [9.17, 15) is 19.2 Å². The van der Waals surface area contributed by atoms with Gasteiger partial charge in [0.25, 0.3) is 5.91 Å². The van der Waals surface area contributed by atoms with Crippen LogP contribution in [0.25, 0.3) is 0 Å². The number of benzene rings is 2. The summed E-state index contributed by atoms with van der Waals surface area (Å²) in [5.41, 5.74) is 1.64. The Balaban J connectivity index is 1.56. The third kappa shape index (κ3) is 4.98. The number of ether oxygens (including phenoxy) is 1. The molecule has 0 aliphatic carbocycles. The number of esters is 1. The van der Waals surface area contributed by atoms with Gasteiger partial charge in [-0.3, -0.25) is 19.2 Å². The number of rotatable bonds is 6. The van der Waals surface area contributed by atoms with Gasteiger partial charge in [-0.1, -0.05) is 18.2 Å². The van der Waals surface area contributed by atoms with Crippen molar-refractivity contribution in [3.8, 4) is 0 Å². The van der Waals surface area contributed by atoms with Gasteiger partial charge in [0.05, 0.1) is 13.0 Å². The molecule has 1 heterocycles. The summed E-state index contributed by atoms with van der Waals surface area (Å²) in [4.78, 5) is 49.5. The average Bonchev–Trinajstić information content (AvgIpc) is 3.14. The Morgan fingerprint density at radius 2 is 1.76 bits per heavy atom. The Bertz CT molecular complexity index is 912. The molecule has 1 fully saturated rings. The van der Waals surface area contributed by atoms with Crippen LogP contribution in [0.5, 0.6) is 0 Å². The third-order valence-corrected chi connectivity index (χ3v) is 4.60. The zero-order valence-corrected chi connectivity index (χ0v) is 15.9. The Morgan fingerprint density at radius 3 is 2.41 bits per heavy atom. The first-order chi connectivity index (χ1) is 14.0. The van der Waals surface area contributed by atoms with E-state index in [1.54, 1.807) is 17.0 Å². The van der Waals surface area contributed by atoms with Crippen LogP contribution < -0.4 is 15.5 Å². The summed E-state index contributed by atoms with van der Waals surface area (Å²) < 4.78 is 4.46. The number of nitrogens with one attached hydrogen (secondary N) is 2. The van der Waals surface area contributed by atoms with Crippen LogP contribution in [0.1, 0.15) is 16.8 Å². The van der Waals surface area contributed by atoms with Gasteiger partial charge in [-0.05, 0) is 36.4 Å². The molecule has 1 aliphatic heterocycles. The lowest BCUT2D eigenvalue weighted by Crippen LogP contribution is -2.30. The van der Waals surface area contributed by atoms with E-state index in [1.165, 1.54) is 19.2 Å². The van der Waals surface area contributed by atoms with Crippen LogP contribution >= 0.6 is 0 Å². The molecule has 1 unspecified atom stereocenters. The molecule has 8 nitrogen and oxygen atoms in total. The molecule has 0 radical (unpaired) electrons. The number of carbonyl (C=O) groups is 4. The maximum atomic E-state index is 12.5. The zero-order valence-electron chi connectivity index (χ0n) is 15.9. The molecular formula is C21H21N3O5. The molecule has 2 aromatic rings. The van der Waals surface area contributed by atoms with Crippen molar-refractivity contribution in [2.75, 3.05) is 30.4 Å². The molecule has 1 atom stereocenters. The topological polar surface area (TPSA) is 105 Å². The van der Waals surface area contributed by atoms with Gasteiger partial charge in [-0.25, -0.2) is 0 Å². The van der Waals surface area contributed by atoms with Crippen molar-refractivity contribution in [1.82, 2.24) is 5.32 Å². The van der Waals surface area contributed by atoms with Gasteiger partial charge in [0, 0.05) is 29.9 Å². The highest BCUT2D eigenvalue weighted by Gasteiger charge is 2.35. The lowest BCUT2D eigenvalue weighted by molar-refractivity contribution is -0.139. The third-order valence-electron chi connectivity index (χ3n) is 4.60. The van der Waals surface area contributed by atoms with E-state index in [-0.39, 0.29) is 24.8 Å². The van der Waals surface area contributed by atoms with E-state index in [0.717, 1.165) is 5.69 Å². The van der Waals surface area contributed by atoms with Gasteiger partial charge >= 0.3 is 5.97 Å². The fourth-order valence-electron chi connectivity index (χ4n) is 3.02. The van der Waals surface area contributed by atoms with Gasteiger partial charge in [0.1, 0.15) is 6.54 Å². The fourth-order valence-corrected chi connectivity index (χ4v) is 3.02. The summed E-state index contributed by atoms with van der Waals surface area (Å²) in [5, 5.41) is 5.21. The molecule has 0 spiro atoms. The Morgan fingerprint density at radius 1 is 1.07 bits per heavy atom. The van der Waals surface area contributed by atoms with Crippen molar-refractivity contribution in [3.63, 3.8) is 0 Å². The summed E-state index contributed by atoms with van der Waals surface area (Å²) in [6.07, 6.45) is 0.148. The van der Waals surface area contributed by atoms with Gasteiger partial charge in [-0.15, -0.1) is 0 Å². The molecule has 3 amide bonds. The second-order valence-electron chi connectivity index (χ2n) is 6.57. The molecular weight excluding hydrogens is 374 g/mol. The second kappa shape index (κ2) is 9.01. The summed E-state index contributed by atoms with van der Waals surface area (Å²) in [5.74, 6) is -1.76. The molecule has 1 saturated heterocycles. The largest absolute Gasteiger partial charge is 0.468 e. The molecule has 29 heavy (non-hydrogen) atoms. The average molecular weight is 395 g/mol. The molecule has 8 heteroatoms. The first kappa shape index (κ1) is 20.1. The number of nitrogens with zero attached hydrogens (tertiary/aromatic N) is 1. The van der Waals surface area contributed by atoms with Crippen molar-refractivity contribution < 1.29 is 23.9 Å². The molecule has 2 N–H and O–H groups in total. The number of hydrogen-bond donors (Lipinski definition) is 2. The van der Waals surface area contributed by atoms with Crippen LogP contribution in [0.3, 0.4) is 0 Å². The Labute approximate surface area is 167 Å². The Kier molecular flexibility index (Phi) is 6.23. The lowest BCUT2D eigenvalue weighted by Gasteiger charge is -2.16. The van der Waals surface area contributed by atoms with Crippen LogP contribution in [0.4, 0.5) is 11.4 Å². The summed E-state index contributed by atoms with van der Waals surface area (Å²) in [6.45, 7) is 0.101. The highest BCUT2D eigenvalue weighted by atomic mass is 16.5. The highest BCUT2D eigenvalue weighted by molar-refractivity contribution is 6.03. The van der Waals surface area contributed by atoms with Crippen LogP contribution in [0.2, 0.25) is 0 Å². The maximum Gasteiger partial charge on any atom is 0.325 e. The van der Waals surface area contributed by atoms with Crippen molar-refractivity contribution in [3.05, 3.63) is 60.2 Å². The number of methoxy groups -OCH3 is 1. The minimum absolute atomic E-state index is 0.0889. The van der Waals surface area contributed by atoms with Crippen molar-refractivity contribution in [2.24, 2.45) is 5.92 Å². The van der Waals surface area contributed by atoms with E-state index in [2.05, 4.69) is 15.4 Å². The minimum atomic E-state index is -0.544. The van der Waals surface area contributed by atoms with Gasteiger partial charge in [0.15, 0.2) is 0 Å². The molecule has 0 bridgehead atoms. The highest BCUT2D eigenvalue weighted by Crippen LogP contribution is 2.25. The van der Waals surface area contributed by atoms with Crippen LogP contribution in [0, 0.1) is 5.92 Å². The normalized spacial score (nSPS) is 15.7. The van der Waals surface area contributed by atoms with Crippen LogP contribution in [-0.4, -0.2) is 43.9 Å². The quantitative estimate of drug-likeness (QED) is 0.723. The van der Waals surface area contributed by atoms with E-state index < -0.39 is 17.8 Å². The molecule has 0 aromatic heterocycles. The fraction of sp³-hybridized carbons (Fsp3) is 0.238. The second-order valence-corrected chi connectivity index (χ2v) is 6.57. The predicted molar refractivity (Wildman–Crippen MR) is 106 cm³/mol. The van der Waals surface area contributed by atoms with Crippen molar-refractivity contribution in [1.29, 1.82) is 0 Å². The van der Waals surface area contributed by atoms with E-state index in [4.69, 9.17) is 0 Å². The van der Waals surface area contributed by atoms with E-state index >= 15 is 0 Å². The molecule has 3 rings (SSSR count). The van der Waals surface area contributed by atoms with Crippen LogP contribution in [-0.2, 0) is 19.1 Å². The number of carbonyl (C=O) groups excluding carboxylic acids is 4. The first-order valence-electron chi connectivity index (χ1n) is 9.09. The number of hydrogen-bond acceptors (Lipinski definition) is 5. The van der Waals surface area contributed by atoms with Crippen molar-refractivity contribution in [2.45, 2.75) is 6.42 Å². The van der Waals surface area contributed by atoms with Crippen LogP contribution in [0.15, 0.2) is 54.6 Å². The lowest BCUT2D eigenvalue weighted by atomic mass is 10.1. The van der Waals surface area contributed by atoms with Crippen molar-refractivity contribution >= 4 is 35.1 Å². The number of para-hydroxylation sites is 1.